The molecule has 0 radical (unpaired) electrons. The van der Waals surface area contributed by atoms with Crippen molar-refractivity contribution in [3.63, 3.8) is 0 Å². The molecule has 0 saturated carbocycles. The second-order valence-corrected chi connectivity index (χ2v) is 3.49. The van der Waals surface area contributed by atoms with Gasteiger partial charge >= 0.3 is 0 Å². The average Bonchev–Trinajstić information content (AvgIpc) is 2.15. The Bertz CT molecular complexity index is 311. The van der Waals surface area contributed by atoms with E-state index in [2.05, 4.69) is 11.6 Å². The summed E-state index contributed by atoms with van der Waals surface area (Å²) in [4.78, 5) is 15.6. The Morgan fingerprint density at radius 3 is 2.69 bits per heavy atom. The fourth-order valence-electron chi connectivity index (χ4n) is 0.676. The maximum absolute atomic E-state index is 10.6. The zero-order chi connectivity index (χ0) is 9.68. The largest absolute Gasteiger partial charge is 0.366 e. The number of amides is 1. The lowest BCUT2D eigenvalue weighted by Crippen LogP contribution is -2.14. The fraction of sp³-hybridized carbons (Fsp3) is 0.111. The van der Waals surface area contributed by atoms with Crippen LogP contribution in [0.2, 0.25) is 0 Å². The van der Waals surface area contributed by atoms with Crippen LogP contribution < -0.4 is 5.73 Å². The molecule has 3 nitrogen and oxygen atoms in total. The van der Waals surface area contributed by atoms with Gasteiger partial charge in [0.15, 0.2) is 0 Å². The van der Waals surface area contributed by atoms with E-state index in [-0.39, 0.29) is 0 Å². The minimum absolute atomic E-state index is 0.432. The molecule has 13 heavy (non-hydrogen) atoms. The first-order valence-corrected chi connectivity index (χ1v) is 4.69. The van der Waals surface area contributed by atoms with Gasteiger partial charge in [-0.15, -0.1) is 11.8 Å². The van der Waals surface area contributed by atoms with E-state index in [1.165, 1.54) is 11.8 Å². The molecule has 0 aromatic carbocycles. The van der Waals surface area contributed by atoms with Gasteiger partial charge in [0.1, 0.15) is 0 Å². The number of primary amides is 1. The third-order valence-electron chi connectivity index (χ3n) is 1.41. The van der Waals surface area contributed by atoms with Crippen molar-refractivity contribution >= 4 is 17.7 Å². The van der Waals surface area contributed by atoms with Crippen molar-refractivity contribution in [2.45, 2.75) is 4.90 Å². The van der Waals surface area contributed by atoms with Gasteiger partial charge in [-0.25, -0.2) is 0 Å². The highest BCUT2D eigenvalue weighted by atomic mass is 32.2. The summed E-state index contributed by atoms with van der Waals surface area (Å²) in [6.07, 6.45) is 3.41. The van der Waals surface area contributed by atoms with Gasteiger partial charge < -0.3 is 5.73 Å². The van der Waals surface area contributed by atoms with E-state index in [0.29, 0.717) is 11.3 Å². The van der Waals surface area contributed by atoms with Crippen LogP contribution in [0.25, 0.3) is 0 Å². The van der Waals surface area contributed by atoms with Gasteiger partial charge in [0.25, 0.3) is 0 Å². The van der Waals surface area contributed by atoms with Crippen LogP contribution in [0.5, 0.6) is 0 Å². The van der Waals surface area contributed by atoms with E-state index in [4.69, 9.17) is 5.73 Å². The van der Waals surface area contributed by atoms with Crippen molar-refractivity contribution in [2.24, 2.45) is 5.73 Å². The Kier molecular flexibility index (Phi) is 3.52. The van der Waals surface area contributed by atoms with Crippen LogP contribution in [0.4, 0.5) is 0 Å². The number of carbonyl (C=O) groups is 1. The number of aromatic nitrogens is 1. The molecule has 1 rings (SSSR count). The second kappa shape index (κ2) is 4.67. The van der Waals surface area contributed by atoms with E-state index in [0.717, 1.165) is 4.90 Å². The molecule has 1 aromatic rings. The van der Waals surface area contributed by atoms with Crippen molar-refractivity contribution in [1.82, 2.24) is 4.98 Å². The fourth-order valence-corrected chi connectivity index (χ4v) is 1.47. The van der Waals surface area contributed by atoms with Gasteiger partial charge in [-0.1, -0.05) is 6.58 Å². The molecule has 4 heteroatoms. The molecule has 1 amide bonds. The summed E-state index contributed by atoms with van der Waals surface area (Å²) in [7, 11) is 0. The molecule has 0 saturated heterocycles. The van der Waals surface area contributed by atoms with E-state index in [1.54, 1.807) is 12.4 Å². The quantitative estimate of drug-likeness (QED) is 0.579. The van der Waals surface area contributed by atoms with Crippen LogP contribution in [-0.2, 0) is 4.79 Å². The van der Waals surface area contributed by atoms with Gasteiger partial charge in [-0.05, 0) is 12.1 Å². The summed E-state index contributed by atoms with van der Waals surface area (Å²) in [6, 6.07) is 3.75. The van der Waals surface area contributed by atoms with Crippen molar-refractivity contribution in [1.29, 1.82) is 0 Å². The molecular weight excluding hydrogens is 184 g/mol. The summed E-state index contributed by atoms with van der Waals surface area (Å²) in [6.45, 7) is 3.56. The van der Waals surface area contributed by atoms with Gasteiger partial charge in [0, 0.05) is 28.6 Å². The highest BCUT2D eigenvalue weighted by Gasteiger charge is 2.01. The van der Waals surface area contributed by atoms with Gasteiger partial charge in [-0.3, -0.25) is 9.78 Å². The molecule has 0 atom stereocenters. The monoisotopic (exact) mass is 194 g/mol. The summed E-state index contributed by atoms with van der Waals surface area (Å²) >= 11 is 1.52. The van der Waals surface area contributed by atoms with Crippen molar-refractivity contribution < 1.29 is 4.79 Å². The van der Waals surface area contributed by atoms with Gasteiger partial charge in [0.2, 0.25) is 5.91 Å². The standard InChI is InChI=1S/C9H10N2OS/c1-7(9(10)12)6-13-8-2-4-11-5-3-8/h2-5H,1,6H2,(H2,10,12). The molecule has 2 N–H and O–H groups in total. The molecule has 1 aromatic heterocycles. The molecule has 0 spiro atoms. The van der Waals surface area contributed by atoms with E-state index in [9.17, 15) is 4.79 Å². The van der Waals surface area contributed by atoms with Crippen LogP contribution in [0.3, 0.4) is 0 Å². The van der Waals surface area contributed by atoms with E-state index >= 15 is 0 Å². The number of hydrogen-bond donors (Lipinski definition) is 1. The van der Waals surface area contributed by atoms with Gasteiger partial charge in [-0.2, -0.15) is 0 Å². The minimum Gasteiger partial charge on any atom is -0.366 e. The first kappa shape index (κ1) is 9.80. The number of hydrogen-bond acceptors (Lipinski definition) is 3. The summed E-state index contributed by atoms with van der Waals surface area (Å²) in [5, 5.41) is 0. The van der Waals surface area contributed by atoms with Crippen LogP contribution >= 0.6 is 11.8 Å². The third-order valence-corrected chi connectivity index (χ3v) is 2.51. The topological polar surface area (TPSA) is 56.0 Å². The number of pyridine rings is 1. The van der Waals surface area contributed by atoms with Crippen molar-refractivity contribution in [2.75, 3.05) is 5.75 Å². The summed E-state index contributed by atoms with van der Waals surface area (Å²) in [5.41, 5.74) is 5.47. The Morgan fingerprint density at radius 2 is 2.15 bits per heavy atom. The minimum atomic E-state index is -0.443. The Labute approximate surface area is 81.0 Å². The Morgan fingerprint density at radius 1 is 1.54 bits per heavy atom. The highest BCUT2D eigenvalue weighted by molar-refractivity contribution is 7.99. The van der Waals surface area contributed by atoms with E-state index in [1.807, 2.05) is 12.1 Å². The first-order valence-electron chi connectivity index (χ1n) is 3.70. The Hall–Kier alpha value is -1.29. The molecule has 0 aliphatic heterocycles. The average molecular weight is 194 g/mol. The normalized spacial score (nSPS) is 9.54. The predicted molar refractivity (Wildman–Crippen MR) is 53.3 cm³/mol. The highest BCUT2D eigenvalue weighted by Crippen LogP contribution is 2.18. The molecule has 0 aliphatic carbocycles. The zero-order valence-electron chi connectivity index (χ0n) is 7.06. The number of nitrogens with zero attached hydrogens (tertiary/aromatic N) is 1. The lowest BCUT2D eigenvalue weighted by atomic mass is 10.3. The number of thioether (sulfide) groups is 1. The van der Waals surface area contributed by atoms with Crippen LogP contribution in [-0.4, -0.2) is 16.6 Å². The van der Waals surface area contributed by atoms with Gasteiger partial charge in [0.05, 0.1) is 0 Å². The van der Waals surface area contributed by atoms with Crippen molar-refractivity contribution in [3.05, 3.63) is 36.7 Å². The summed E-state index contributed by atoms with van der Waals surface area (Å²) in [5.74, 6) is 0.0841. The molecule has 0 aliphatic rings. The molecule has 1 heterocycles. The number of rotatable bonds is 4. The van der Waals surface area contributed by atoms with Crippen molar-refractivity contribution in [3.8, 4) is 0 Å². The summed E-state index contributed by atoms with van der Waals surface area (Å²) < 4.78 is 0. The molecule has 0 bridgehead atoms. The SMILES string of the molecule is C=C(CSc1ccncc1)C(N)=O. The maximum Gasteiger partial charge on any atom is 0.244 e. The van der Waals surface area contributed by atoms with Crippen LogP contribution in [0.15, 0.2) is 41.6 Å². The third kappa shape index (κ3) is 3.29. The number of nitrogens with two attached hydrogens (primary N) is 1. The lowest BCUT2D eigenvalue weighted by molar-refractivity contribution is -0.114. The predicted octanol–water partition coefficient (Wildman–Crippen LogP) is 1.22. The molecular formula is C9H10N2OS. The van der Waals surface area contributed by atoms with Crippen LogP contribution in [0.1, 0.15) is 0 Å². The zero-order valence-corrected chi connectivity index (χ0v) is 7.88. The van der Waals surface area contributed by atoms with E-state index < -0.39 is 5.91 Å². The number of carbonyl (C=O) groups excluding carboxylic acids is 1. The smallest absolute Gasteiger partial charge is 0.244 e. The molecule has 0 unspecified atom stereocenters. The Balaban J connectivity index is 2.44. The van der Waals surface area contributed by atoms with Crippen LogP contribution in [0, 0.1) is 0 Å². The lowest BCUT2D eigenvalue weighted by Gasteiger charge is -2.00. The molecule has 0 fully saturated rings. The maximum atomic E-state index is 10.6. The second-order valence-electron chi connectivity index (χ2n) is 2.44. The molecule has 68 valence electrons. The first-order chi connectivity index (χ1) is 6.20.